The first kappa shape index (κ1) is 118. The summed E-state index contributed by atoms with van der Waals surface area (Å²) < 4.78 is 5.68. The van der Waals surface area contributed by atoms with Gasteiger partial charge < -0.3 is 153 Å². The number of fused-ring (bicyclic) bond motifs is 4. The van der Waals surface area contributed by atoms with Crippen molar-refractivity contribution < 1.29 is 166 Å². The number of nitrogens with zero attached hydrogens (tertiary/aromatic N) is 1. The highest BCUT2D eigenvalue weighted by molar-refractivity contribution is 6.33. The molecule has 3 aromatic carbocycles. The van der Waals surface area contributed by atoms with E-state index in [2.05, 4.69) is 65.1 Å². The summed E-state index contributed by atoms with van der Waals surface area (Å²) in [4.78, 5) is 316. The maximum atomic E-state index is 14.8. The Bertz CT molecular complexity index is 5770. The normalized spacial score (nSPS) is 23.6. The van der Waals surface area contributed by atoms with E-state index in [1.807, 2.05) is 16.0 Å². The van der Waals surface area contributed by atoms with Crippen LogP contribution in [-0.2, 0) is 112 Å². The standard InChI is InChI=1S/C72H101N17O26.C21H21ClN2O8/c1-5-6-7-8-9-10-11-22-53(93)81-44(25-38-31-76-42-20-15-13-17-39(38)42)66(108)84-45(27-52(75)92)67(109)86-48(30-59(102)103)68(110)89-61-37(4)115-72(114)49(26-51(91)40-18-12-14-19-41(40)74)87-71(113)60(35(2)24-56(96)97)88-69(111)50(34-90)82-55(95)32-77-63(105)46(28-57(98)99)83-62(104)36(3)79-65(107)47(29-58(100)101)85-64(106)43(21-16-23-73)80-54(94)33-78-70(61)112;1-24(2)14-7-5-6-10(16(27)12-9(25)4-3-8(22)11(12)15(6)26)18(29)21(7,32)19(30)13(17(14)28)20(23)31/h12-15,17-20,31,35-37,43-50,60-61,76,90H,5-11,16,21-30,32-34,73-74H2,1-4H3,(H2,75,92)(H,77,105)(H,78,112)(H,79,107)(H,80,94)(H,81,93)(H,82,95)(H,83,104)(H,84,108)(H,85,106)(H,86,109)(H,87,113)(H,88,111)(H,89,110)(H,96,97)(H,98,99)(H,100,101)(H,102,103);3-4,6-7,14-15,25-26,28-29,32H,5H2,1-2H3,(H2,23,31)/t35-,36+,37?,43-,44-,45-,46-,47-,48-,49-,50+,60+,61+;6-,7-,14-,15-,21-/m00/s1. The highest BCUT2D eigenvalue weighted by Crippen LogP contribution is 2.56. The number of Topliss-reactive ketones (excluding diaryl/α,β-unsaturated/α-hetero) is 3. The molecule has 18 atom stereocenters. The third-order valence-electron chi connectivity index (χ3n) is 24.5. The Labute approximate surface area is 842 Å². The predicted molar refractivity (Wildman–Crippen MR) is 510 cm³/mol. The monoisotopic (exact) mass is 2080 g/mol. The molecule has 8 rings (SSSR count). The summed E-state index contributed by atoms with van der Waals surface area (Å²) in [6, 6.07) is -9.24. The number of carbonyl (C=O) groups excluding carboxylic acids is 19. The minimum absolute atomic E-state index is 0.0145. The topological polar surface area (TPSA) is 884 Å². The molecule has 1 saturated heterocycles. The first-order valence-corrected chi connectivity index (χ1v) is 46.9. The summed E-state index contributed by atoms with van der Waals surface area (Å²) in [5, 5.41) is 133. The van der Waals surface area contributed by atoms with Crippen LogP contribution in [0.1, 0.15) is 175 Å². The number of benzene rings is 3. The number of nitrogens with one attached hydrogen (secondary N) is 14. The molecule has 15 amide bonds. The van der Waals surface area contributed by atoms with E-state index in [9.17, 15) is 161 Å². The van der Waals surface area contributed by atoms with Crippen LogP contribution in [0.5, 0.6) is 5.75 Å². The number of aromatic nitrogens is 1. The maximum Gasteiger partial charge on any atom is 0.329 e. The molecule has 0 spiro atoms. The molecule has 800 valence electrons. The Morgan fingerprint density at radius 2 is 1.16 bits per heavy atom. The SMILES string of the molecule is CCCCCCCCCC(=O)N[C@@H](Cc1c[nH]c2ccccc12)C(=O)N[C@@H](CC(N)=O)C(=O)N[C@@H](CC(=O)O)C(=O)N[C@H]1C(=O)NCC(=O)N[C@@H](CCCN)C(=O)N[C@@H](CC(=O)O)C(=O)N[C@H](C)C(=O)N[C@@H](CC(=O)O)C(=O)NCC(=O)N[C@H](CO)C(=O)N[C@H]([C@@H](C)CC(=O)O)C(=O)N[C@@H](CC(=O)c2ccccc2N)C(=O)OC1C.CN(C)[C@@H]1C(O)=C(C(N)=O)C(=O)[C@@]2(O)C(O)=C3C(=O)c4c(O)ccc(Cl)c4[C@@H](O)[C@H]3C[C@@H]12. The number of ether oxygens (including phenoxy) is 1. The number of esters is 1. The minimum Gasteiger partial charge on any atom is -0.510 e. The lowest BCUT2D eigenvalue weighted by molar-refractivity contribution is -0.156. The number of aliphatic carboxylic acids is 4. The van der Waals surface area contributed by atoms with Gasteiger partial charge in [0.2, 0.25) is 88.5 Å². The van der Waals surface area contributed by atoms with Crippen molar-refractivity contribution in [1.82, 2.24) is 79.0 Å². The maximum absolute atomic E-state index is 14.8. The number of H-pyrrole nitrogens is 1. The first-order valence-electron chi connectivity index (χ1n) is 46.5. The number of hydrogen-bond donors (Lipinski definition) is 28. The van der Waals surface area contributed by atoms with E-state index in [0.29, 0.717) is 29.3 Å². The van der Waals surface area contributed by atoms with Crippen LogP contribution in [0.2, 0.25) is 5.02 Å². The molecule has 1 aromatic heterocycles. The van der Waals surface area contributed by atoms with Crippen LogP contribution < -0.4 is 92.1 Å². The highest BCUT2D eigenvalue weighted by atomic mass is 35.5. The fourth-order valence-corrected chi connectivity index (χ4v) is 17.3. The molecule has 2 heterocycles. The number of halogens is 1. The van der Waals surface area contributed by atoms with E-state index >= 15 is 0 Å². The number of amides is 15. The lowest BCUT2D eigenvalue weighted by atomic mass is 9.58. The van der Waals surface area contributed by atoms with Crippen molar-refractivity contribution in [2.24, 2.45) is 35.0 Å². The number of carboxylic acid groups (broad SMARTS) is 4. The number of carbonyl (C=O) groups is 23. The second-order valence-corrected chi connectivity index (χ2v) is 36.1. The second kappa shape index (κ2) is 54.4. The van der Waals surface area contributed by atoms with Gasteiger partial charge in [-0.05, 0) is 102 Å². The Kier molecular flexibility index (Phi) is 43.8. The number of unbranched alkanes of at least 4 members (excludes halogenated alkanes) is 6. The molecule has 54 heteroatoms. The largest absolute Gasteiger partial charge is 0.510 e. The summed E-state index contributed by atoms with van der Waals surface area (Å²) in [6.45, 7) is 1.11. The first-order chi connectivity index (χ1) is 69.2. The fraction of sp³-hybridized carbons (Fsp3) is 0.495. The number of aliphatic hydroxyl groups is 5. The minimum atomic E-state index is -2.77. The number of anilines is 1. The second-order valence-electron chi connectivity index (χ2n) is 35.7. The van der Waals surface area contributed by atoms with Crippen LogP contribution in [0.3, 0.4) is 0 Å². The Hall–Kier alpha value is -15.6. The molecule has 1 unspecified atom stereocenters. The van der Waals surface area contributed by atoms with E-state index in [1.165, 1.54) is 49.3 Å². The summed E-state index contributed by atoms with van der Waals surface area (Å²) >= 11 is 6.17. The molecule has 0 saturated carbocycles. The smallest absolute Gasteiger partial charge is 0.329 e. The van der Waals surface area contributed by atoms with Crippen LogP contribution in [0.15, 0.2) is 89.5 Å². The van der Waals surface area contributed by atoms with Gasteiger partial charge >= 0.3 is 29.8 Å². The van der Waals surface area contributed by atoms with Gasteiger partial charge in [-0.15, -0.1) is 0 Å². The number of aromatic hydroxyl groups is 1. The van der Waals surface area contributed by atoms with Gasteiger partial charge in [-0.3, -0.25) is 110 Å². The van der Waals surface area contributed by atoms with Crippen LogP contribution in [-0.4, -0.2) is 321 Å². The van der Waals surface area contributed by atoms with Crippen LogP contribution >= 0.6 is 11.6 Å². The zero-order valence-corrected chi connectivity index (χ0v) is 81.4. The van der Waals surface area contributed by atoms with E-state index in [-0.39, 0.29) is 59.6 Å². The number of aliphatic hydroxyl groups excluding tert-OH is 4. The number of para-hydroxylation sites is 2. The van der Waals surface area contributed by atoms with Crippen molar-refractivity contribution in [2.45, 2.75) is 234 Å². The number of likely N-dealkylation sites (N-methyl/N-ethyl adjacent to an activating group) is 1. The zero-order valence-electron chi connectivity index (χ0n) is 80.6. The van der Waals surface area contributed by atoms with Gasteiger partial charge in [-0.2, -0.15) is 0 Å². The van der Waals surface area contributed by atoms with Gasteiger partial charge in [0.25, 0.3) is 5.91 Å². The fourth-order valence-electron chi connectivity index (χ4n) is 17.0. The van der Waals surface area contributed by atoms with Gasteiger partial charge in [-0.1, -0.05) is 94.3 Å². The summed E-state index contributed by atoms with van der Waals surface area (Å²) in [5.74, 6) is -37.9. The summed E-state index contributed by atoms with van der Waals surface area (Å²) in [6.07, 6.45) is -4.04. The Morgan fingerprint density at radius 3 is 1.76 bits per heavy atom. The van der Waals surface area contributed by atoms with Crippen molar-refractivity contribution in [3.63, 3.8) is 0 Å². The highest BCUT2D eigenvalue weighted by Gasteiger charge is 2.65. The molecule has 1 fully saturated rings. The number of phenols is 1. The molecule has 147 heavy (non-hydrogen) atoms. The average molecular weight is 2090 g/mol. The van der Waals surface area contributed by atoms with Crippen molar-refractivity contribution >= 4 is 164 Å². The number of nitrogens with two attached hydrogens (primary N) is 4. The molecule has 32 N–H and O–H groups in total. The number of primary amides is 2. The lowest BCUT2D eigenvalue weighted by Gasteiger charge is -2.50. The lowest BCUT2D eigenvalue weighted by Crippen LogP contribution is -2.64. The zero-order chi connectivity index (χ0) is 110. The van der Waals surface area contributed by atoms with Gasteiger partial charge in [0.15, 0.2) is 17.2 Å². The molecule has 1 aliphatic heterocycles. The number of carboxylic acids is 4. The van der Waals surface area contributed by atoms with Crippen molar-refractivity contribution in [2.75, 3.05) is 46.1 Å². The summed E-state index contributed by atoms with van der Waals surface area (Å²) in [5.41, 5.74) is 18.8. The number of aromatic amines is 1. The van der Waals surface area contributed by atoms with Gasteiger partial charge in [0.1, 0.15) is 95.4 Å². The van der Waals surface area contributed by atoms with Crippen LogP contribution in [0, 0.1) is 17.8 Å². The number of cyclic esters (lactones) is 1. The molecule has 3 aliphatic carbocycles. The van der Waals surface area contributed by atoms with E-state index in [0.717, 1.165) is 58.9 Å². The van der Waals surface area contributed by atoms with Crippen molar-refractivity contribution in [1.29, 1.82) is 0 Å². The van der Waals surface area contributed by atoms with Gasteiger partial charge in [0, 0.05) is 75.6 Å². The molecule has 4 aromatic rings. The van der Waals surface area contributed by atoms with E-state index in [1.54, 1.807) is 30.5 Å². The number of nitrogen functional groups attached to an aromatic ring is 1. The average Bonchev–Trinajstić information content (AvgIpc) is 0.917. The van der Waals surface area contributed by atoms with Crippen molar-refractivity contribution in [3.8, 4) is 5.75 Å². The summed E-state index contributed by atoms with van der Waals surface area (Å²) in [7, 11) is 3.03. The van der Waals surface area contributed by atoms with Crippen LogP contribution in [0.4, 0.5) is 5.69 Å². The van der Waals surface area contributed by atoms with E-state index in [4.69, 9.17) is 39.3 Å². The molecule has 0 radical (unpaired) electrons. The number of hydrogen-bond acceptors (Lipinski definition) is 33. The number of rotatable bonds is 37. The Balaban J connectivity index is 0.000000763. The third-order valence-corrected chi connectivity index (χ3v) is 24.8. The van der Waals surface area contributed by atoms with E-state index < -0.39 is 337 Å². The van der Waals surface area contributed by atoms with Crippen molar-refractivity contribution in [3.05, 3.63) is 117 Å². The number of ketones is 3. The quantitative estimate of drug-likeness (QED) is 0.00659. The van der Waals surface area contributed by atoms with Gasteiger partial charge in [0.05, 0.1) is 69.5 Å². The molecule has 0 bridgehead atoms. The van der Waals surface area contributed by atoms with Gasteiger partial charge in [-0.25, -0.2) is 4.79 Å². The molecular weight excluding hydrogens is 1960 g/mol. The molecule has 4 aliphatic rings. The Morgan fingerprint density at radius 1 is 0.605 bits per heavy atom. The molecule has 53 nitrogen and oxygen atoms in total. The predicted octanol–water partition coefficient (Wildman–Crippen LogP) is -5.36. The number of phenolic OH excluding ortho intramolecular Hbond substituents is 1. The third kappa shape index (κ3) is 31.9. The van der Waals surface area contributed by atoms with Crippen LogP contribution in [0.25, 0.3) is 10.9 Å². The molecular formula is C93H122ClN19O34.